The lowest BCUT2D eigenvalue weighted by Gasteiger charge is -1.92. The first kappa shape index (κ1) is 10.8. The second-order valence-corrected chi connectivity index (χ2v) is 4.71. The van der Waals surface area contributed by atoms with Gasteiger partial charge in [-0.15, -0.1) is 11.3 Å². The Kier molecular flexibility index (Phi) is 4.51. The van der Waals surface area contributed by atoms with E-state index < -0.39 is 0 Å². The van der Waals surface area contributed by atoms with Gasteiger partial charge in [0.15, 0.2) is 0 Å². The topological polar surface area (TPSA) is 0 Å². The van der Waals surface area contributed by atoms with Gasteiger partial charge in [0, 0.05) is 9.75 Å². The molecule has 0 aliphatic heterocycles. The molecule has 1 aliphatic carbocycles. The van der Waals surface area contributed by atoms with E-state index in [1.165, 1.54) is 37.0 Å². The average Bonchev–Trinajstić information content (AvgIpc) is 2.36. The Morgan fingerprint density at radius 1 is 1.08 bits per heavy atom. The lowest BCUT2D eigenvalue weighted by molar-refractivity contribution is 0.712. The molecule has 2 rings (SSSR count). The molecule has 1 heteroatoms. The Morgan fingerprint density at radius 2 is 1.77 bits per heavy atom. The largest absolute Gasteiger partial charge is 0.145 e. The minimum atomic E-state index is 1.33. The van der Waals surface area contributed by atoms with Gasteiger partial charge < -0.3 is 0 Å². The van der Waals surface area contributed by atoms with E-state index >= 15 is 0 Å². The molecular formula is C12H20S. The first-order chi connectivity index (χ1) is 6.36. The minimum Gasteiger partial charge on any atom is -0.145 e. The Morgan fingerprint density at radius 3 is 2.54 bits per heavy atom. The van der Waals surface area contributed by atoms with Crippen LogP contribution in [-0.4, -0.2) is 0 Å². The van der Waals surface area contributed by atoms with Crippen LogP contribution in [0.1, 0.15) is 48.4 Å². The van der Waals surface area contributed by atoms with E-state index in [0.29, 0.717) is 0 Å². The first-order valence-electron chi connectivity index (χ1n) is 5.44. The molecule has 0 radical (unpaired) electrons. The highest BCUT2D eigenvalue weighted by atomic mass is 32.1. The highest BCUT2D eigenvalue weighted by molar-refractivity contribution is 7.12. The molecule has 1 heterocycles. The summed E-state index contributed by atoms with van der Waals surface area (Å²) in [6, 6.07) is 2.38. The summed E-state index contributed by atoms with van der Waals surface area (Å²) in [6.07, 6.45) is 6.92. The second kappa shape index (κ2) is 5.43. The van der Waals surface area contributed by atoms with Crippen molar-refractivity contribution in [2.24, 2.45) is 0 Å². The van der Waals surface area contributed by atoms with Crippen molar-refractivity contribution in [1.82, 2.24) is 0 Å². The fourth-order valence-corrected chi connectivity index (χ4v) is 2.94. The molecule has 0 saturated carbocycles. The number of thiophene rings is 1. The summed E-state index contributed by atoms with van der Waals surface area (Å²) in [4.78, 5) is 3.16. The standard InChI is InChI=1S/C10H14S.C2H6/c1-8-7-9-5-3-2-4-6-10(9)11-8;1-2/h7H,2-6H2,1H3;1-2H3. The normalized spacial score (nSPS) is 15.3. The summed E-state index contributed by atoms with van der Waals surface area (Å²) >= 11 is 2.00. The highest BCUT2D eigenvalue weighted by Crippen LogP contribution is 2.27. The Balaban J connectivity index is 0.000000396. The predicted molar refractivity (Wildman–Crippen MR) is 61.7 cm³/mol. The fourth-order valence-electron chi connectivity index (χ4n) is 1.82. The maximum absolute atomic E-state index is 2.38. The van der Waals surface area contributed by atoms with Crippen molar-refractivity contribution < 1.29 is 0 Å². The van der Waals surface area contributed by atoms with E-state index in [4.69, 9.17) is 0 Å². The smallest absolute Gasteiger partial charge is 0.00800 e. The fraction of sp³-hybridized carbons (Fsp3) is 0.667. The van der Waals surface area contributed by atoms with E-state index in [-0.39, 0.29) is 0 Å². The third-order valence-electron chi connectivity index (χ3n) is 2.37. The van der Waals surface area contributed by atoms with Gasteiger partial charge in [0.05, 0.1) is 0 Å². The van der Waals surface area contributed by atoms with Crippen LogP contribution in [-0.2, 0) is 12.8 Å². The molecule has 0 N–H and O–H groups in total. The molecule has 0 atom stereocenters. The zero-order chi connectivity index (χ0) is 9.68. The SMILES string of the molecule is CC.Cc1cc2c(s1)CCCCC2. The van der Waals surface area contributed by atoms with Gasteiger partial charge in [-0.2, -0.15) is 0 Å². The molecule has 74 valence electrons. The van der Waals surface area contributed by atoms with Crippen LogP contribution in [0.25, 0.3) is 0 Å². The van der Waals surface area contributed by atoms with Gasteiger partial charge in [-0.1, -0.05) is 20.3 Å². The Bertz CT molecular complexity index is 224. The number of rotatable bonds is 0. The van der Waals surface area contributed by atoms with Crippen molar-refractivity contribution in [3.8, 4) is 0 Å². The van der Waals surface area contributed by atoms with E-state index in [9.17, 15) is 0 Å². The summed E-state index contributed by atoms with van der Waals surface area (Å²) in [5, 5.41) is 0. The summed E-state index contributed by atoms with van der Waals surface area (Å²) in [7, 11) is 0. The van der Waals surface area contributed by atoms with Gasteiger partial charge in [0.1, 0.15) is 0 Å². The lowest BCUT2D eigenvalue weighted by Crippen LogP contribution is -1.80. The molecular weight excluding hydrogens is 176 g/mol. The lowest BCUT2D eigenvalue weighted by atomic mass is 10.1. The van der Waals surface area contributed by atoms with Crippen LogP contribution in [0.4, 0.5) is 0 Å². The molecule has 1 aromatic heterocycles. The summed E-state index contributed by atoms with van der Waals surface area (Å²) in [5.74, 6) is 0. The molecule has 1 aromatic rings. The van der Waals surface area contributed by atoms with Gasteiger partial charge in [-0.25, -0.2) is 0 Å². The summed E-state index contributed by atoms with van der Waals surface area (Å²) in [6.45, 7) is 6.22. The highest BCUT2D eigenvalue weighted by Gasteiger charge is 2.09. The molecule has 13 heavy (non-hydrogen) atoms. The molecule has 0 saturated heterocycles. The zero-order valence-corrected chi connectivity index (χ0v) is 9.84. The van der Waals surface area contributed by atoms with Crippen LogP contribution in [0.15, 0.2) is 6.07 Å². The van der Waals surface area contributed by atoms with Crippen molar-refractivity contribution in [3.63, 3.8) is 0 Å². The van der Waals surface area contributed by atoms with Gasteiger partial charge in [0.2, 0.25) is 0 Å². The van der Waals surface area contributed by atoms with Gasteiger partial charge in [-0.3, -0.25) is 0 Å². The number of aryl methyl sites for hydroxylation is 3. The van der Waals surface area contributed by atoms with Crippen molar-refractivity contribution in [2.75, 3.05) is 0 Å². The molecule has 0 nitrogen and oxygen atoms in total. The van der Waals surface area contributed by atoms with Crippen molar-refractivity contribution in [2.45, 2.75) is 52.9 Å². The van der Waals surface area contributed by atoms with Crippen LogP contribution in [0.5, 0.6) is 0 Å². The second-order valence-electron chi connectivity index (χ2n) is 3.37. The monoisotopic (exact) mass is 196 g/mol. The van der Waals surface area contributed by atoms with Crippen LogP contribution in [0, 0.1) is 6.92 Å². The third-order valence-corrected chi connectivity index (χ3v) is 3.52. The van der Waals surface area contributed by atoms with Crippen LogP contribution in [0.2, 0.25) is 0 Å². The maximum atomic E-state index is 2.38. The van der Waals surface area contributed by atoms with Crippen LogP contribution < -0.4 is 0 Å². The van der Waals surface area contributed by atoms with E-state index in [1.54, 1.807) is 10.4 Å². The van der Waals surface area contributed by atoms with E-state index in [1.807, 2.05) is 25.2 Å². The molecule has 0 spiro atoms. The maximum Gasteiger partial charge on any atom is 0.00800 e. The third kappa shape index (κ3) is 2.84. The van der Waals surface area contributed by atoms with Crippen LogP contribution in [0.3, 0.4) is 0 Å². The zero-order valence-electron chi connectivity index (χ0n) is 9.02. The van der Waals surface area contributed by atoms with Gasteiger partial charge >= 0.3 is 0 Å². The first-order valence-corrected chi connectivity index (χ1v) is 6.26. The van der Waals surface area contributed by atoms with Crippen molar-refractivity contribution >= 4 is 11.3 Å². The molecule has 1 aliphatic rings. The summed E-state index contributed by atoms with van der Waals surface area (Å²) in [5.41, 5.74) is 1.64. The molecule has 0 amide bonds. The number of hydrogen-bond acceptors (Lipinski definition) is 1. The van der Waals surface area contributed by atoms with E-state index in [2.05, 4.69) is 13.0 Å². The predicted octanol–water partition coefficient (Wildman–Crippen LogP) is 4.35. The Hall–Kier alpha value is -0.300. The summed E-state index contributed by atoms with van der Waals surface area (Å²) < 4.78 is 0. The average molecular weight is 196 g/mol. The molecule has 0 fully saturated rings. The molecule has 0 bridgehead atoms. The van der Waals surface area contributed by atoms with Crippen molar-refractivity contribution in [3.05, 3.63) is 21.4 Å². The molecule has 0 unspecified atom stereocenters. The van der Waals surface area contributed by atoms with Crippen LogP contribution >= 0.6 is 11.3 Å². The quantitative estimate of drug-likeness (QED) is 0.541. The van der Waals surface area contributed by atoms with Gasteiger partial charge in [-0.05, 0) is 44.2 Å². The van der Waals surface area contributed by atoms with Crippen molar-refractivity contribution in [1.29, 1.82) is 0 Å². The van der Waals surface area contributed by atoms with Gasteiger partial charge in [0.25, 0.3) is 0 Å². The number of fused-ring (bicyclic) bond motifs is 1. The Labute approximate surface area is 86.0 Å². The number of hydrogen-bond donors (Lipinski definition) is 0. The van der Waals surface area contributed by atoms with E-state index in [0.717, 1.165) is 0 Å². The molecule has 0 aromatic carbocycles. The minimum absolute atomic E-state index is 1.33.